The molecule has 7 nitrogen and oxygen atoms in total. The Morgan fingerprint density at radius 2 is 1.91 bits per heavy atom. The molecular formula is C24H26ClNO6. The number of hydrogen-bond donors (Lipinski definition) is 1. The molecule has 1 fully saturated rings. The van der Waals surface area contributed by atoms with Crippen molar-refractivity contribution in [1.29, 1.82) is 0 Å². The van der Waals surface area contributed by atoms with Crippen LogP contribution in [0.25, 0.3) is 5.76 Å². The second-order valence-corrected chi connectivity index (χ2v) is 7.66. The summed E-state index contributed by atoms with van der Waals surface area (Å²) in [4.78, 5) is 27.3. The van der Waals surface area contributed by atoms with Gasteiger partial charge in [0.2, 0.25) is 0 Å². The van der Waals surface area contributed by atoms with Crippen LogP contribution in [0.2, 0.25) is 5.02 Å². The number of ketones is 1. The van der Waals surface area contributed by atoms with Crippen molar-refractivity contribution < 1.29 is 28.9 Å². The number of rotatable bonds is 9. The summed E-state index contributed by atoms with van der Waals surface area (Å²) in [5.74, 6) is -0.805. The Morgan fingerprint density at radius 3 is 2.59 bits per heavy atom. The van der Waals surface area contributed by atoms with Crippen LogP contribution in [-0.4, -0.2) is 55.7 Å². The van der Waals surface area contributed by atoms with Crippen LogP contribution in [0, 0.1) is 0 Å². The molecule has 1 atom stereocenters. The SMILES string of the molecule is CCCOc1cccc(C2/C(=C(/O)c3ccc(Cl)c(OC)c3)C(=O)C(=O)N2CCOC)c1. The number of methoxy groups -OCH3 is 2. The molecule has 170 valence electrons. The van der Waals surface area contributed by atoms with E-state index in [9.17, 15) is 14.7 Å². The highest BCUT2D eigenvalue weighted by Gasteiger charge is 2.46. The van der Waals surface area contributed by atoms with E-state index < -0.39 is 17.7 Å². The van der Waals surface area contributed by atoms with E-state index in [-0.39, 0.29) is 24.5 Å². The molecule has 0 aromatic heterocycles. The highest BCUT2D eigenvalue weighted by Crippen LogP contribution is 2.41. The summed E-state index contributed by atoms with van der Waals surface area (Å²) in [6.07, 6.45) is 0.842. The van der Waals surface area contributed by atoms with Gasteiger partial charge in [-0.3, -0.25) is 9.59 Å². The fourth-order valence-corrected chi connectivity index (χ4v) is 3.80. The molecule has 32 heavy (non-hydrogen) atoms. The van der Waals surface area contributed by atoms with E-state index in [1.807, 2.05) is 13.0 Å². The van der Waals surface area contributed by atoms with Crippen LogP contribution < -0.4 is 9.47 Å². The molecular weight excluding hydrogens is 434 g/mol. The fourth-order valence-electron chi connectivity index (χ4n) is 3.60. The molecule has 1 aliphatic heterocycles. The number of Topliss-reactive ketones (excluding diaryl/α,β-unsaturated/α-hetero) is 1. The zero-order valence-electron chi connectivity index (χ0n) is 18.3. The molecule has 0 bridgehead atoms. The van der Waals surface area contributed by atoms with Gasteiger partial charge in [0.25, 0.3) is 11.7 Å². The number of carbonyl (C=O) groups is 2. The highest BCUT2D eigenvalue weighted by atomic mass is 35.5. The number of carbonyl (C=O) groups excluding carboxylic acids is 2. The molecule has 1 saturated heterocycles. The first-order valence-electron chi connectivity index (χ1n) is 10.3. The van der Waals surface area contributed by atoms with E-state index in [1.54, 1.807) is 30.3 Å². The number of amides is 1. The lowest BCUT2D eigenvalue weighted by Gasteiger charge is -2.25. The first-order valence-corrected chi connectivity index (χ1v) is 10.6. The quantitative estimate of drug-likeness (QED) is 0.343. The van der Waals surface area contributed by atoms with Gasteiger partial charge in [-0.15, -0.1) is 0 Å². The number of aliphatic hydroxyl groups excluding tert-OH is 1. The van der Waals surface area contributed by atoms with Crippen molar-refractivity contribution in [1.82, 2.24) is 4.90 Å². The molecule has 3 rings (SSSR count). The van der Waals surface area contributed by atoms with Crippen LogP contribution in [0.4, 0.5) is 0 Å². The van der Waals surface area contributed by atoms with E-state index in [1.165, 1.54) is 25.2 Å². The van der Waals surface area contributed by atoms with Gasteiger partial charge in [-0.25, -0.2) is 0 Å². The Labute approximate surface area is 192 Å². The van der Waals surface area contributed by atoms with Gasteiger partial charge < -0.3 is 24.2 Å². The highest BCUT2D eigenvalue weighted by molar-refractivity contribution is 6.46. The van der Waals surface area contributed by atoms with Gasteiger partial charge in [0, 0.05) is 19.2 Å². The van der Waals surface area contributed by atoms with Crippen molar-refractivity contribution in [2.75, 3.05) is 34.0 Å². The number of hydrogen-bond acceptors (Lipinski definition) is 6. The average molecular weight is 460 g/mol. The van der Waals surface area contributed by atoms with Gasteiger partial charge in [0.05, 0.1) is 37.0 Å². The van der Waals surface area contributed by atoms with Crippen LogP contribution in [0.3, 0.4) is 0 Å². The normalized spacial score (nSPS) is 17.6. The monoisotopic (exact) mass is 459 g/mol. The molecule has 1 heterocycles. The topological polar surface area (TPSA) is 85.3 Å². The molecule has 0 aliphatic carbocycles. The number of likely N-dealkylation sites (tertiary alicyclic amines) is 1. The molecule has 2 aromatic rings. The van der Waals surface area contributed by atoms with E-state index in [0.29, 0.717) is 34.3 Å². The van der Waals surface area contributed by atoms with Gasteiger partial charge in [0.15, 0.2) is 0 Å². The van der Waals surface area contributed by atoms with Crippen molar-refractivity contribution in [3.8, 4) is 11.5 Å². The van der Waals surface area contributed by atoms with Crippen molar-refractivity contribution >= 4 is 29.1 Å². The number of aliphatic hydroxyl groups is 1. The Hall–Kier alpha value is -3.03. The lowest BCUT2D eigenvalue weighted by atomic mass is 9.95. The fraction of sp³-hybridized carbons (Fsp3) is 0.333. The summed E-state index contributed by atoms with van der Waals surface area (Å²) < 4.78 is 16.1. The van der Waals surface area contributed by atoms with Crippen molar-refractivity contribution in [2.45, 2.75) is 19.4 Å². The lowest BCUT2D eigenvalue weighted by molar-refractivity contribution is -0.140. The first-order chi connectivity index (χ1) is 15.4. The lowest BCUT2D eigenvalue weighted by Crippen LogP contribution is -2.32. The molecule has 0 spiro atoms. The minimum Gasteiger partial charge on any atom is -0.507 e. The van der Waals surface area contributed by atoms with Crippen LogP contribution >= 0.6 is 11.6 Å². The predicted octanol–water partition coefficient (Wildman–Crippen LogP) is 4.21. The molecule has 1 N–H and O–H groups in total. The van der Waals surface area contributed by atoms with Crippen LogP contribution in [0.1, 0.15) is 30.5 Å². The summed E-state index contributed by atoms with van der Waals surface area (Å²) in [6, 6.07) is 11.0. The maximum Gasteiger partial charge on any atom is 0.295 e. The third kappa shape index (κ3) is 4.74. The molecule has 1 unspecified atom stereocenters. The molecule has 0 radical (unpaired) electrons. The van der Waals surface area contributed by atoms with Crippen LogP contribution in [0.5, 0.6) is 11.5 Å². The number of benzene rings is 2. The summed E-state index contributed by atoms with van der Waals surface area (Å²) in [5, 5.41) is 11.5. The number of ether oxygens (including phenoxy) is 3. The van der Waals surface area contributed by atoms with Gasteiger partial charge in [0.1, 0.15) is 17.3 Å². The minimum atomic E-state index is -0.794. The van der Waals surface area contributed by atoms with Gasteiger partial charge in [-0.2, -0.15) is 0 Å². The molecule has 0 saturated carbocycles. The molecule has 8 heteroatoms. The van der Waals surface area contributed by atoms with E-state index in [4.69, 9.17) is 25.8 Å². The zero-order valence-corrected chi connectivity index (χ0v) is 19.0. The van der Waals surface area contributed by atoms with Gasteiger partial charge in [-0.1, -0.05) is 30.7 Å². The Balaban J connectivity index is 2.15. The zero-order chi connectivity index (χ0) is 23.3. The van der Waals surface area contributed by atoms with Crippen molar-refractivity contribution in [2.24, 2.45) is 0 Å². The summed E-state index contributed by atoms with van der Waals surface area (Å²) in [7, 11) is 2.97. The average Bonchev–Trinajstić information content (AvgIpc) is 3.06. The number of nitrogens with zero attached hydrogens (tertiary/aromatic N) is 1. The Kier molecular flexibility index (Phi) is 7.77. The Morgan fingerprint density at radius 1 is 1.12 bits per heavy atom. The van der Waals surface area contributed by atoms with Crippen LogP contribution in [0.15, 0.2) is 48.0 Å². The smallest absolute Gasteiger partial charge is 0.295 e. The number of halogens is 1. The first kappa shape index (κ1) is 23.6. The minimum absolute atomic E-state index is 0.0110. The molecule has 2 aromatic carbocycles. The second-order valence-electron chi connectivity index (χ2n) is 7.26. The Bertz CT molecular complexity index is 1030. The van der Waals surface area contributed by atoms with Crippen LogP contribution in [-0.2, 0) is 14.3 Å². The third-order valence-corrected chi connectivity index (χ3v) is 5.46. The van der Waals surface area contributed by atoms with Crippen molar-refractivity contribution in [3.05, 3.63) is 64.2 Å². The van der Waals surface area contributed by atoms with Gasteiger partial charge in [-0.05, 0) is 42.3 Å². The summed E-state index contributed by atoms with van der Waals surface area (Å²) in [5.41, 5.74) is 0.957. The maximum absolute atomic E-state index is 13.0. The predicted molar refractivity (Wildman–Crippen MR) is 121 cm³/mol. The summed E-state index contributed by atoms with van der Waals surface area (Å²) in [6.45, 7) is 2.97. The standard InChI is InChI=1S/C24H26ClNO6/c1-4-11-32-17-7-5-6-15(13-17)21-20(23(28)24(29)26(21)10-12-30-2)22(27)16-8-9-18(25)19(14-16)31-3/h5-9,13-14,21,27H,4,10-12H2,1-3H3/b22-20-. The third-order valence-electron chi connectivity index (χ3n) is 5.15. The maximum atomic E-state index is 13.0. The molecule has 1 amide bonds. The molecule has 1 aliphatic rings. The van der Waals surface area contributed by atoms with E-state index >= 15 is 0 Å². The van der Waals surface area contributed by atoms with E-state index in [2.05, 4.69) is 0 Å². The second kappa shape index (κ2) is 10.5. The summed E-state index contributed by atoms with van der Waals surface area (Å²) >= 11 is 6.10. The van der Waals surface area contributed by atoms with Gasteiger partial charge >= 0.3 is 0 Å². The van der Waals surface area contributed by atoms with Crippen molar-refractivity contribution in [3.63, 3.8) is 0 Å². The largest absolute Gasteiger partial charge is 0.507 e. The van der Waals surface area contributed by atoms with E-state index in [0.717, 1.165) is 6.42 Å².